The molecule has 4 aromatic rings. The molecule has 1 N–H and O–H groups in total. The van der Waals surface area contributed by atoms with Gasteiger partial charge in [-0.25, -0.2) is 9.97 Å². The third kappa shape index (κ3) is 3.99. The molecule has 2 aromatic heterocycles. The standard InChI is InChI=1S/C25H27N5O2/c1-18-23(30-12-11-26-24(25(30)28-18)29-13-15-32-16-14-29)27-17-19-3-5-20(6-4-19)21-7-9-22(31-2)10-8-21/h3-12,27H,13-17H2,1-2H3. The topological polar surface area (TPSA) is 63.9 Å². The number of morpholine rings is 1. The summed E-state index contributed by atoms with van der Waals surface area (Å²) < 4.78 is 12.8. The fraction of sp³-hybridized carbons (Fsp3) is 0.280. The largest absolute Gasteiger partial charge is 0.497 e. The van der Waals surface area contributed by atoms with Crippen molar-refractivity contribution < 1.29 is 9.47 Å². The van der Waals surface area contributed by atoms with Gasteiger partial charge in [0, 0.05) is 32.0 Å². The van der Waals surface area contributed by atoms with Crippen molar-refractivity contribution in [3.8, 4) is 16.9 Å². The van der Waals surface area contributed by atoms with Crippen LogP contribution in [0.2, 0.25) is 0 Å². The van der Waals surface area contributed by atoms with Gasteiger partial charge in [-0.3, -0.25) is 4.40 Å². The van der Waals surface area contributed by atoms with Crippen molar-refractivity contribution in [2.75, 3.05) is 43.6 Å². The van der Waals surface area contributed by atoms with Gasteiger partial charge in [-0.2, -0.15) is 0 Å². The van der Waals surface area contributed by atoms with Crippen LogP contribution in [0, 0.1) is 6.92 Å². The molecule has 0 atom stereocenters. The molecule has 0 saturated carbocycles. The summed E-state index contributed by atoms with van der Waals surface area (Å²) in [5.41, 5.74) is 5.40. The number of aryl methyl sites for hydroxylation is 1. The maximum absolute atomic E-state index is 5.48. The Hall–Kier alpha value is -3.58. The van der Waals surface area contributed by atoms with Crippen molar-refractivity contribution in [3.63, 3.8) is 0 Å². The lowest BCUT2D eigenvalue weighted by Gasteiger charge is -2.27. The molecule has 1 fully saturated rings. The number of nitrogens with zero attached hydrogens (tertiary/aromatic N) is 4. The number of ether oxygens (including phenoxy) is 2. The first-order valence-electron chi connectivity index (χ1n) is 10.9. The molecule has 0 unspecified atom stereocenters. The van der Waals surface area contributed by atoms with Crippen molar-refractivity contribution >= 4 is 17.3 Å². The Bertz CT molecular complexity index is 1200. The lowest BCUT2D eigenvalue weighted by Crippen LogP contribution is -2.37. The van der Waals surface area contributed by atoms with E-state index in [-0.39, 0.29) is 0 Å². The lowest BCUT2D eigenvalue weighted by atomic mass is 10.0. The molecule has 1 aliphatic heterocycles. The van der Waals surface area contributed by atoms with E-state index in [1.54, 1.807) is 7.11 Å². The molecular formula is C25H27N5O2. The summed E-state index contributed by atoms with van der Waals surface area (Å²) in [7, 11) is 1.68. The zero-order chi connectivity index (χ0) is 21.9. The minimum absolute atomic E-state index is 0.715. The first-order valence-corrected chi connectivity index (χ1v) is 10.9. The Morgan fingerprint density at radius 3 is 2.38 bits per heavy atom. The Morgan fingerprint density at radius 2 is 1.69 bits per heavy atom. The number of nitrogens with one attached hydrogen (secondary N) is 1. The van der Waals surface area contributed by atoms with Gasteiger partial charge in [-0.1, -0.05) is 36.4 Å². The summed E-state index contributed by atoms with van der Waals surface area (Å²) in [5.74, 6) is 2.77. The van der Waals surface area contributed by atoms with Crippen LogP contribution in [-0.4, -0.2) is 47.8 Å². The van der Waals surface area contributed by atoms with Crippen LogP contribution in [-0.2, 0) is 11.3 Å². The maximum atomic E-state index is 5.48. The van der Waals surface area contributed by atoms with E-state index >= 15 is 0 Å². The van der Waals surface area contributed by atoms with E-state index in [0.29, 0.717) is 6.54 Å². The van der Waals surface area contributed by atoms with Crippen molar-refractivity contribution in [2.45, 2.75) is 13.5 Å². The van der Waals surface area contributed by atoms with E-state index in [1.807, 2.05) is 31.5 Å². The van der Waals surface area contributed by atoms with Crippen LogP contribution in [0.1, 0.15) is 11.3 Å². The zero-order valence-electron chi connectivity index (χ0n) is 18.4. The van der Waals surface area contributed by atoms with E-state index in [9.17, 15) is 0 Å². The number of imidazole rings is 1. The molecule has 32 heavy (non-hydrogen) atoms. The quantitative estimate of drug-likeness (QED) is 0.497. The molecule has 1 saturated heterocycles. The Balaban J connectivity index is 1.33. The fourth-order valence-electron chi connectivity index (χ4n) is 4.07. The highest BCUT2D eigenvalue weighted by Crippen LogP contribution is 2.26. The van der Waals surface area contributed by atoms with Crippen LogP contribution in [0.5, 0.6) is 5.75 Å². The molecule has 0 bridgehead atoms. The summed E-state index contributed by atoms with van der Waals surface area (Å²) >= 11 is 0. The molecule has 3 heterocycles. The second-order valence-corrected chi connectivity index (χ2v) is 7.87. The molecule has 0 radical (unpaired) electrons. The van der Waals surface area contributed by atoms with Crippen LogP contribution < -0.4 is 15.0 Å². The molecule has 0 spiro atoms. The Kier molecular flexibility index (Phi) is 5.64. The van der Waals surface area contributed by atoms with Crippen LogP contribution in [0.25, 0.3) is 16.8 Å². The van der Waals surface area contributed by atoms with E-state index in [4.69, 9.17) is 14.5 Å². The lowest BCUT2D eigenvalue weighted by molar-refractivity contribution is 0.122. The summed E-state index contributed by atoms with van der Waals surface area (Å²) in [6.07, 6.45) is 3.81. The number of rotatable bonds is 6. The maximum Gasteiger partial charge on any atom is 0.182 e. The average molecular weight is 430 g/mol. The van der Waals surface area contributed by atoms with Gasteiger partial charge >= 0.3 is 0 Å². The van der Waals surface area contributed by atoms with Crippen LogP contribution in [0.15, 0.2) is 60.9 Å². The van der Waals surface area contributed by atoms with E-state index in [0.717, 1.165) is 55.0 Å². The number of benzene rings is 2. The zero-order valence-corrected chi connectivity index (χ0v) is 18.4. The van der Waals surface area contributed by atoms with Crippen LogP contribution >= 0.6 is 0 Å². The Labute approximate surface area is 187 Å². The number of hydrogen-bond donors (Lipinski definition) is 1. The average Bonchev–Trinajstić information content (AvgIpc) is 3.18. The van der Waals surface area contributed by atoms with Gasteiger partial charge in [-0.05, 0) is 35.7 Å². The predicted molar refractivity (Wildman–Crippen MR) is 127 cm³/mol. The van der Waals surface area contributed by atoms with Gasteiger partial charge in [-0.15, -0.1) is 0 Å². The van der Waals surface area contributed by atoms with Gasteiger partial charge in [0.25, 0.3) is 0 Å². The first kappa shape index (κ1) is 20.3. The predicted octanol–water partition coefficient (Wildman–Crippen LogP) is 4.16. The van der Waals surface area contributed by atoms with Gasteiger partial charge in [0.1, 0.15) is 11.6 Å². The fourth-order valence-corrected chi connectivity index (χ4v) is 4.07. The molecular weight excluding hydrogens is 402 g/mol. The van der Waals surface area contributed by atoms with Crippen molar-refractivity contribution in [3.05, 3.63) is 72.2 Å². The minimum Gasteiger partial charge on any atom is -0.497 e. The summed E-state index contributed by atoms with van der Waals surface area (Å²) in [4.78, 5) is 11.7. The van der Waals surface area contributed by atoms with Gasteiger partial charge < -0.3 is 19.7 Å². The van der Waals surface area contributed by atoms with E-state index in [1.165, 1.54) is 16.7 Å². The number of fused-ring (bicyclic) bond motifs is 1. The third-order valence-electron chi connectivity index (χ3n) is 5.85. The number of hydrogen-bond acceptors (Lipinski definition) is 6. The van der Waals surface area contributed by atoms with E-state index in [2.05, 4.69) is 56.0 Å². The van der Waals surface area contributed by atoms with Gasteiger partial charge in [0.2, 0.25) is 0 Å². The molecule has 1 aliphatic rings. The summed E-state index contributed by atoms with van der Waals surface area (Å²) in [5, 5.41) is 3.57. The summed E-state index contributed by atoms with van der Waals surface area (Å²) in [6, 6.07) is 16.7. The molecule has 164 valence electrons. The monoisotopic (exact) mass is 429 g/mol. The van der Waals surface area contributed by atoms with Gasteiger partial charge in [0.05, 0.1) is 26.0 Å². The second-order valence-electron chi connectivity index (χ2n) is 7.87. The highest BCUT2D eigenvalue weighted by molar-refractivity contribution is 5.69. The smallest absolute Gasteiger partial charge is 0.182 e. The molecule has 7 heteroatoms. The highest BCUT2D eigenvalue weighted by atomic mass is 16.5. The van der Waals surface area contributed by atoms with Crippen LogP contribution in [0.4, 0.5) is 11.6 Å². The molecule has 0 aliphatic carbocycles. The SMILES string of the molecule is COc1ccc(-c2ccc(CNc3c(C)nc4c(N5CCOCC5)nccn34)cc2)cc1. The van der Waals surface area contributed by atoms with Crippen LogP contribution in [0.3, 0.4) is 0 Å². The summed E-state index contributed by atoms with van der Waals surface area (Å²) in [6.45, 7) is 5.86. The van der Waals surface area contributed by atoms with Crippen molar-refractivity contribution in [2.24, 2.45) is 0 Å². The molecule has 2 aromatic carbocycles. The Morgan fingerprint density at radius 1 is 1.00 bits per heavy atom. The number of anilines is 2. The molecule has 7 nitrogen and oxygen atoms in total. The van der Waals surface area contributed by atoms with Crippen molar-refractivity contribution in [1.82, 2.24) is 14.4 Å². The third-order valence-corrected chi connectivity index (χ3v) is 5.85. The normalized spacial score (nSPS) is 14.0. The minimum atomic E-state index is 0.715. The molecule has 0 amide bonds. The highest BCUT2D eigenvalue weighted by Gasteiger charge is 2.19. The van der Waals surface area contributed by atoms with Crippen molar-refractivity contribution in [1.29, 1.82) is 0 Å². The first-order chi connectivity index (χ1) is 15.7. The number of methoxy groups -OCH3 is 1. The van der Waals surface area contributed by atoms with Gasteiger partial charge in [0.15, 0.2) is 11.5 Å². The molecule has 5 rings (SSSR count). The van der Waals surface area contributed by atoms with E-state index < -0.39 is 0 Å². The number of aromatic nitrogens is 3. The second kappa shape index (κ2) is 8.88.